The van der Waals surface area contributed by atoms with E-state index in [0.29, 0.717) is 17.8 Å². The number of carbonyl (C=O) groups is 1. The summed E-state index contributed by atoms with van der Waals surface area (Å²) >= 11 is 0. The lowest BCUT2D eigenvalue weighted by molar-refractivity contribution is 0.0931. The molecule has 3 heterocycles. The number of ether oxygens (including phenoxy) is 1. The number of likely N-dealkylation sites (tertiary alicyclic amines) is 1. The van der Waals surface area contributed by atoms with Crippen LogP contribution in [0.15, 0.2) is 53.5 Å². The van der Waals surface area contributed by atoms with E-state index in [9.17, 15) is 9.59 Å². The van der Waals surface area contributed by atoms with Crippen LogP contribution >= 0.6 is 0 Å². The maximum atomic E-state index is 15.8. The van der Waals surface area contributed by atoms with Gasteiger partial charge in [-0.3, -0.25) is 9.59 Å². The van der Waals surface area contributed by atoms with E-state index in [2.05, 4.69) is 29.4 Å². The van der Waals surface area contributed by atoms with Crippen molar-refractivity contribution in [3.05, 3.63) is 70.3 Å². The highest BCUT2D eigenvalue weighted by Gasteiger charge is 2.30. The first kappa shape index (κ1) is 27.3. The van der Waals surface area contributed by atoms with Crippen molar-refractivity contribution < 1.29 is 13.9 Å². The monoisotopic (exact) mass is 556 g/mol. The summed E-state index contributed by atoms with van der Waals surface area (Å²) in [6, 6.07) is 13.0. The number of anilines is 1. The van der Waals surface area contributed by atoms with Crippen molar-refractivity contribution >= 4 is 33.3 Å². The number of benzene rings is 3. The Morgan fingerprint density at radius 2 is 1.80 bits per heavy atom. The average Bonchev–Trinajstić information content (AvgIpc) is 3.49. The minimum atomic E-state index is -0.575. The number of nitrogens with zero attached hydrogens (tertiary/aromatic N) is 2. The topological polar surface area (TPSA) is 75.6 Å². The molecule has 0 unspecified atom stereocenters. The van der Waals surface area contributed by atoms with Crippen LogP contribution in [0.4, 0.5) is 10.1 Å². The molecule has 1 amide bonds. The highest BCUT2D eigenvalue weighted by molar-refractivity contribution is 6.04. The van der Waals surface area contributed by atoms with Crippen LogP contribution in [0.25, 0.3) is 27.4 Å². The molecule has 0 spiro atoms. The summed E-state index contributed by atoms with van der Waals surface area (Å²) in [6.45, 7) is 7.59. The van der Waals surface area contributed by atoms with Gasteiger partial charge in [0.1, 0.15) is 16.8 Å². The normalized spacial score (nSPS) is 14.4. The molecule has 3 aromatic carbocycles. The molecule has 0 aliphatic carbocycles. The fourth-order valence-corrected chi connectivity index (χ4v) is 6.30. The number of hydrogen-bond acceptors (Lipinski definition) is 5. The van der Waals surface area contributed by atoms with Gasteiger partial charge in [0.15, 0.2) is 17.3 Å². The van der Waals surface area contributed by atoms with Crippen LogP contribution in [-0.2, 0) is 0 Å². The molecule has 0 atom stereocenters. The zero-order valence-electron chi connectivity index (χ0n) is 23.8. The van der Waals surface area contributed by atoms with Gasteiger partial charge in [-0.25, -0.2) is 4.39 Å². The third kappa shape index (κ3) is 5.05. The standard InChI is InChI=1S/C33H37FN4O3/c1-3-9-22(10-4-2)36-33(40)25-20-38-29-23-12-6-5-11-21(23)13-14-27(29)41-32-28(35-15-18-37-16-7-8-17-37)26(34)19-24(30(32)38)31(25)39/h5-6,11-14,19-20,22,35H,3-4,7-10,15-18H2,1-2H3,(H,36,40). The highest BCUT2D eigenvalue weighted by atomic mass is 19.1. The minimum Gasteiger partial charge on any atom is -0.451 e. The van der Waals surface area contributed by atoms with Crippen LogP contribution < -0.4 is 20.8 Å². The molecule has 2 aliphatic rings. The van der Waals surface area contributed by atoms with Crippen LogP contribution in [0.1, 0.15) is 62.7 Å². The molecule has 0 radical (unpaired) electrons. The van der Waals surface area contributed by atoms with E-state index in [1.807, 2.05) is 41.0 Å². The van der Waals surface area contributed by atoms with Crippen LogP contribution in [0.3, 0.4) is 0 Å². The van der Waals surface area contributed by atoms with E-state index < -0.39 is 17.2 Å². The van der Waals surface area contributed by atoms with Crippen molar-refractivity contribution in [1.29, 1.82) is 0 Å². The van der Waals surface area contributed by atoms with Gasteiger partial charge in [-0.05, 0) is 56.3 Å². The maximum Gasteiger partial charge on any atom is 0.257 e. The summed E-state index contributed by atoms with van der Waals surface area (Å²) in [5, 5.41) is 8.35. The van der Waals surface area contributed by atoms with E-state index in [-0.39, 0.29) is 28.4 Å². The number of pyridine rings is 1. The number of aromatic nitrogens is 1. The van der Waals surface area contributed by atoms with Gasteiger partial charge in [-0.2, -0.15) is 0 Å². The van der Waals surface area contributed by atoms with E-state index in [4.69, 9.17) is 4.74 Å². The predicted molar refractivity (Wildman–Crippen MR) is 162 cm³/mol. The van der Waals surface area contributed by atoms with Crippen molar-refractivity contribution in [3.8, 4) is 17.2 Å². The molecular formula is C33H37FN4O3. The van der Waals surface area contributed by atoms with Crippen LogP contribution in [0.2, 0.25) is 0 Å². The number of hydrogen-bond donors (Lipinski definition) is 2. The fraction of sp³-hybridized carbons (Fsp3) is 0.394. The molecule has 8 heteroatoms. The molecule has 0 bridgehead atoms. The second kappa shape index (κ2) is 11.5. The number of nitrogens with one attached hydrogen (secondary N) is 2. The third-order valence-corrected chi connectivity index (χ3v) is 8.29. The Labute approximate surface area is 239 Å². The maximum absolute atomic E-state index is 15.8. The number of halogens is 1. The summed E-state index contributed by atoms with van der Waals surface area (Å²) in [5.41, 5.74) is 0.904. The SMILES string of the molecule is CCCC(CCC)NC(=O)c1cn2c3c(c(NCCN4CCCC4)c(F)cc3c1=O)Oc1ccc3ccccc3c1-2. The van der Waals surface area contributed by atoms with Crippen molar-refractivity contribution in [1.82, 2.24) is 14.8 Å². The van der Waals surface area contributed by atoms with Crippen molar-refractivity contribution in [2.24, 2.45) is 0 Å². The van der Waals surface area contributed by atoms with Gasteiger partial charge < -0.3 is 24.8 Å². The molecule has 6 rings (SSSR count). The number of amides is 1. The molecule has 2 N–H and O–H groups in total. The summed E-state index contributed by atoms with van der Waals surface area (Å²) in [5.74, 6) is -0.205. The van der Waals surface area contributed by atoms with Crippen molar-refractivity contribution in [2.45, 2.75) is 58.4 Å². The highest BCUT2D eigenvalue weighted by Crippen LogP contribution is 2.47. The van der Waals surface area contributed by atoms with Gasteiger partial charge in [0.05, 0.1) is 11.1 Å². The summed E-state index contributed by atoms with van der Waals surface area (Å²) < 4.78 is 24.0. The molecule has 1 fully saturated rings. The Morgan fingerprint density at radius 3 is 2.56 bits per heavy atom. The molecule has 1 saturated heterocycles. The Hall–Kier alpha value is -3.91. The Morgan fingerprint density at radius 1 is 1.05 bits per heavy atom. The van der Waals surface area contributed by atoms with Gasteiger partial charge in [-0.1, -0.05) is 57.0 Å². The molecule has 4 aromatic rings. The second-order valence-electron chi connectivity index (χ2n) is 11.2. The first-order valence-corrected chi connectivity index (χ1v) is 14.9. The molecule has 0 saturated carbocycles. The minimum absolute atomic E-state index is 0.00409. The molecular weight excluding hydrogens is 519 g/mol. The van der Waals surface area contributed by atoms with Gasteiger partial charge in [0, 0.05) is 30.7 Å². The lowest BCUT2D eigenvalue weighted by atomic mass is 10.0. The summed E-state index contributed by atoms with van der Waals surface area (Å²) in [6.07, 6.45) is 7.48. The van der Waals surface area contributed by atoms with Gasteiger partial charge in [-0.15, -0.1) is 0 Å². The van der Waals surface area contributed by atoms with Crippen molar-refractivity contribution in [2.75, 3.05) is 31.5 Å². The van der Waals surface area contributed by atoms with Crippen LogP contribution in [0.5, 0.6) is 11.5 Å². The summed E-state index contributed by atoms with van der Waals surface area (Å²) in [4.78, 5) is 29.7. The Bertz CT molecular complexity index is 1670. The summed E-state index contributed by atoms with van der Waals surface area (Å²) in [7, 11) is 0. The van der Waals surface area contributed by atoms with Crippen LogP contribution in [0, 0.1) is 5.82 Å². The number of carbonyl (C=O) groups excluding carboxylic acids is 1. The quantitative estimate of drug-likeness (QED) is 0.203. The Balaban J connectivity index is 1.51. The third-order valence-electron chi connectivity index (χ3n) is 8.29. The Kier molecular flexibility index (Phi) is 7.67. The molecule has 214 valence electrons. The fourth-order valence-electron chi connectivity index (χ4n) is 6.30. The molecule has 41 heavy (non-hydrogen) atoms. The number of rotatable bonds is 10. The predicted octanol–water partition coefficient (Wildman–Crippen LogP) is 6.60. The average molecular weight is 557 g/mol. The smallest absolute Gasteiger partial charge is 0.257 e. The van der Waals surface area contributed by atoms with E-state index in [1.54, 1.807) is 6.20 Å². The van der Waals surface area contributed by atoms with E-state index in [1.165, 1.54) is 18.9 Å². The van der Waals surface area contributed by atoms with Gasteiger partial charge >= 0.3 is 0 Å². The zero-order valence-corrected chi connectivity index (χ0v) is 23.8. The number of fused-ring (bicyclic) bond motifs is 4. The molecule has 1 aromatic heterocycles. The van der Waals surface area contributed by atoms with Crippen molar-refractivity contribution in [3.63, 3.8) is 0 Å². The lowest BCUT2D eigenvalue weighted by Crippen LogP contribution is -2.37. The van der Waals surface area contributed by atoms with E-state index >= 15 is 4.39 Å². The van der Waals surface area contributed by atoms with Gasteiger partial charge in [0.2, 0.25) is 5.43 Å². The van der Waals surface area contributed by atoms with E-state index in [0.717, 1.165) is 61.8 Å². The first-order valence-electron chi connectivity index (χ1n) is 14.9. The zero-order chi connectivity index (χ0) is 28.5. The molecule has 7 nitrogen and oxygen atoms in total. The van der Waals surface area contributed by atoms with Gasteiger partial charge in [0.25, 0.3) is 5.91 Å². The second-order valence-corrected chi connectivity index (χ2v) is 11.2. The van der Waals surface area contributed by atoms with Crippen LogP contribution in [-0.4, -0.2) is 47.6 Å². The first-order chi connectivity index (χ1) is 20.0. The largest absolute Gasteiger partial charge is 0.451 e. The molecule has 2 aliphatic heterocycles. The lowest BCUT2D eigenvalue weighted by Gasteiger charge is -2.27.